The Kier molecular flexibility index (Phi) is 6.74. The van der Waals surface area contributed by atoms with Crippen LogP contribution in [0.5, 0.6) is 0 Å². The molecule has 3 aromatic rings. The van der Waals surface area contributed by atoms with E-state index in [2.05, 4.69) is 26.1 Å². The molecule has 3 rings (SSSR count). The van der Waals surface area contributed by atoms with Crippen LogP contribution in [-0.2, 0) is 21.4 Å². The number of nitrogens with one attached hydrogen (secondary N) is 1. The Labute approximate surface area is 190 Å². The lowest BCUT2D eigenvalue weighted by Gasteiger charge is -2.18. The summed E-state index contributed by atoms with van der Waals surface area (Å²) < 4.78 is 11.5. The predicted octanol–water partition coefficient (Wildman–Crippen LogP) is 2.98. The highest BCUT2D eigenvalue weighted by molar-refractivity contribution is 7.98. The van der Waals surface area contributed by atoms with Crippen LogP contribution in [0.2, 0.25) is 0 Å². The Bertz CT molecular complexity index is 1250. The molecule has 172 valence electrons. The maximum absolute atomic E-state index is 12.7. The van der Waals surface area contributed by atoms with Gasteiger partial charge in [0.1, 0.15) is 11.2 Å². The van der Waals surface area contributed by atoms with Gasteiger partial charge in [0.05, 0.1) is 18.3 Å². The number of carbonyl (C=O) groups excluding carboxylic acids is 2. The van der Waals surface area contributed by atoms with E-state index in [1.165, 1.54) is 11.8 Å². The van der Waals surface area contributed by atoms with Crippen molar-refractivity contribution in [1.82, 2.24) is 5.32 Å². The maximum Gasteiger partial charge on any atom is 0.339 e. The number of aliphatic carboxylic acids is 1. The van der Waals surface area contributed by atoms with Crippen LogP contribution >= 0.6 is 11.8 Å². The first-order valence-electron chi connectivity index (χ1n) is 10.4. The van der Waals surface area contributed by atoms with E-state index in [9.17, 15) is 19.5 Å². The number of thioether (sulfide) groups is 1. The second-order valence-corrected chi connectivity index (χ2v) is 9.95. The zero-order valence-electron chi connectivity index (χ0n) is 19.2. The number of carbonyl (C=O) groups is 2. The number of benzene rings is 1. The molecule has 0 bridgehead atoms. The van der Waals surface area contributed by atoms with Crippen molar-refractivity contribution in [3.8, 4) is 0 Å². The first kappa shape index (κ1) is 23.9. The molecule has 0 spiro atoms. The average molecular weight is 459 g/mol. The molecule has 0 aliphatic rings. The molecule has 0 saturated heterocycles. The van der Waals surface area contributed by atoms with Crippen molar-refractivity contribution in [1.29, 1.82) is 0 Å². The lowest BCUT2D eigenvalue weighted by molar-refractivity contribution is -0.307. The molecule has 32 heavy (non-hydrogen) atoms. The third-order valence-corrected chi connectivity index (χ3v) is 6.37. The summed E-state index contributed by atoms with van der Waals surface area (Å²) in [6, 6.07) is 0.910. The molecule has 0 unspecified atom stereocenters. The molecule has 8 heteroatoms. The molecule has 0 aliphatic heterocycles. The van der Waals surface area contributed by atoms with Gasteiger partial charge in [-0.1, -0.05) is 20.8 Å². The first-order chi connectivity index (χ1) is 15.0. The summed E-state index contributed by atoms with van der Waals surface area (Å²) in [5.41, 5.74) is 3.50. The Morgan fingerprint density at radius 3 is 2.44 bits per heavy atom. The van der Waals surface area contributed by atoms with Crippen molar-refractivity contribution < 1.29 is 23.5 Å². The number of fused-ring (bicyclic) bond motifs is 2. The van der Waals surface area contributed by atoms with Gasteiger partial charge in [0, 0.05) is 39.6 Å². The van der Waals surface area contributed by atoms with Crippen LogP contribution in [0.4, 0.5) is 0 Å². The van der Waals surface area contributed by atoms with Gasteiger partial charge in [-0.25, -0.2) is 4.79 Å². The third-order valence-electron chi connectivity index (χ3n) is 5.70. The van der Waals surface area contributed by atoms with Crippen LogP contribution in [0.1, 0.15) is 49.4 Å². The molecule has 7 nitrogen and oxygen atoms in total. The van der Waals surface area contributed by atoms with Crippen LogP contribution in [0.25, 0.3) is 21.9 Å². The van der Waals surface area contributed by atoms with E-state index in [-0.39, 0.29) is 24.0 Å². The van der Waals surface area contributed by atoms with Crippen LogP contribution in [-0.4, -0.2) is 29.9 Å². The third kappa shape index (κ3) is 4.55. The molecule has 0 radical (unpaired) electrons. The van der Waals surface area contributed by atoms with Crippen LogP contribution in [0.15, 0.2) is 26.0 Å². The summed E-state index contributed by atoms with van der Waals surface area (Å²) in [7, 11) is 0. The summed E-state index contributed by atoms with van der Waals surface area (Å²) in [5, 5.41) is 15.4. The number of aryl methyl sites for hydroxylation is 2. The van der Waals surface area contributed by atoms with Crippen molar-refractivity contribution in [2.75, 3.05) is 12.0 Å². The summed E-state index contributed by atoms with van der Waals surface area (Å²) in [6.07, 6.45) is 3.60. The highest BCUT2D eigenvalue weighted by Crippen LogP contribution is 2.37. The predicted molar refractivity (Wildman–Crippen MR) is 124 cm³/mol. The minimum atomic E-state index is -1.33. The van der Waals surface area contributed by atoms with Gasteiger partial charge in [-0.3, -0.25) is 4.79 Å². The van der Waals surface area contributed by atoms with Crippen LogP contribution < -0.4 is 16.0 Å². The topological polar surface area (TPSA) is 113 Å². The molecule has 2 heterocycles. The summed E-state index contributed by atoms with van der Waals surface area (Å²) >= 11 is 1.30. The largest absolute Gasteiger partial charge is 0.548 e. The molecule has 2 aromatic heterocycles. The van der Waals surface area contributed by atoms with Gasteiger partial charge < -0.3 is 24.1 Å². The molecular weight excluding hydrogens is 430 g/mol. The number of hydrogen-bond donors (Lipinski definition) is 1. The van der Waals surface area contributed by atoms with Gasteiger partial charge in [-0.15, -0.1) is 0 Å². The molecule has 1 aromatic carbocycles. The Morgan fingerprint density at radius 1 is 1.16 bits per heavy atom. The quantitative estimate of drug-likeness (QED) is 0.542. The number of rotatable bonds is 7. The van der Waals surface area contributed by atoms with E-state index in [4.69, 9.17) is 8.83 Å². The smallest absolute Gasteiger partial charge is 0.339 e. The van der Waals surface area contributed by atoms with E-state index >= 15 is 0 Å². The zero-order valence-corrected chi connectivity index (χ0v) is 20.0. The number of hydrogen-bond acceptors (Lipinski definition) is 7. The molecule has 1 N–H and O–H groups in total. The van der Waals surface area contributed by atoms with E-state index < -0.39 is 23.5 Å². The zero-order chi connectivity index (χ0) is 23.8. The van der Waals surface area contributed by atoms with Crippen molar-refractivity contribution in [2.45, 2.75) is 58.9 Å². The fourth-order valence-electron chi connectivity index (χ4n) is 3.91. The summed E-state index contributed by atoms with van der Waals surface area (Å²) in [6.45, 7) is 10.0. The Morgan fingerprint density at radius 2 is 1.84 bits per heavy atom. The van der Waals surface area contributed by atoms with Gasteiger partial charge in [0.2, 0.25) is 5.91 Å². The van der Waals surface area contributed by atoms with E-state index in [1.54, 1.807) is 12.5 Å². The van der Waals surface area contributed by atoms with Crippen molar-refractivity contribution in [2.24, 2.45) is 0 Å². The van der Waals surface area contributed by atoms with E-state index in [0.717, 1.165) is 27.5 Å². The lowest BCUT2D eigenvalue weighted by atomic mass is 9.86. The monoisotopic (exact) mass is 458 g/mol. The van der Waals surface area contributed by atoms with E-state index in [0.29, 0.717) is 16.7 Å². The second-order valence-electron chi connectivity index (χ2n) is 9.04. The molecule has 0 saturated carbocycles. The average Bonchev–Trinajstić information content (AvgIpc) is 3.13. The highest BCUT2D eigenvalue weighted by Gasteiger charge is 2.24. The van der Waals surface area contributed by atoms with Crippen molar-refractivity contribution in [3.05, 3.63) is 45.0 Å². The van der Waals surface area contributed by atoms with Gasteiger partial charge in [0.25, 0.3) is 0 Å². The molecule has 1 atom stereocenters. The number of amides is 1. The van der Waals surface area contributed by atoms with Crippen LogP contribution in [0, 0.1) is 13.8 Å². The number of furan rings is 1. The Hall–Kier alpha value is -2.74. The standard InChI is InChI=1S/C24H29NO6S/c1-12-14(7-8-19(26)25-18(11-32-6)22(27)28)23(29)31-21-13(2)20-16(9-15(12)21)17(10-30-20)24(3,4)5/h9-10,18H,7-8,11H2,1-6H3,(H,25,26)(H,27,28)/p-1/t18-/m0/s1. The highest BCUT2D eigenvalue weighted by atomic mass is 32.2. The first-order valence-corrected chi connectivity index (χ1v) is 11.8. The second kappa shape index (κ2) is 9.02. The van der Waals surface area contributed by atoms with Gasteiger partial charge >= 0.3 is 5.63 Å². The molecule has 1 amide bonds. The summed E-state index contributed by atoms with van der Waals surface area (Å²) in [5.74, 6) is -1.58. The maximum atomic E-state index is 12.7. The fraction of sp³-hybridized carbons (Fsp3) is 0.458. The normalized spacial score (nSPS) is 12.9. The Balaban J connectivity index is 1.98. The lowest BCUT2D eigenvalue weighted by Crippen LogP contribution is -2.49. The SMILES string of the molecule is CSC[C@H](NC(=O)CCc1c(C)c2cc3c(C(C)(C)C)coc3c(C)c2oc1=O)C(=O)[O-]. The fourth-order valence-corrected chi connectivity index (χ4v) is 4.46. The van der Waals surface area contributed by atoms with Gasteiger partial charge in [-0.05, 0) is 43.6 Å². The van der Waals surface area contributed by atoms with Crippen LogP contribution in [0.3, 0.4) is 0 Å². The van der Waals surface area contributed by atoms with Crippen molar-refractivity contribution in [3.63, 3.8) is 0 Å². The molecule has 0 aliphatic carbocycles. The minimum absolute atomic E-state index is 0.0323. The molecule has 0 fully saturated rings. The number of carboxylic acid groups (broad SMARTS) is 1. The number of carboxylic acids is 1. The van der Waals surface area contributed by atoms with E-state index in [1.807, 2.05) is 19.9 Å². The van der Waals surface area contributed by atoms with Gasteiger partial charge in [-0.2, -0.15) is 11.8 Å². The van der Waals surface area contributed by atoms with Crippen molar-refractivity contribution >= 4 is 45.6 Å². The minimum Gasteiger partial charge on any atom is -0.548 e. The summed E-state index contributed by atoms with van der Waals surface area (Å²) in [4.78, 5) is 36.2. The molecular formula is C24H28NO6S-. The van der Waals surface area contributed by atoms with Gasteiger partial charge in [0.15, 0.2) is 0 Å².